The van der Waals surface area contributed by atoms with Gasteiger partial charge in [-0.1, -0.05) is 21.9 Å². The monoisotopic (exact) mass is 496 g/mol. The van der Waals surface area contributed by atoms with Gasteiger partial charge in [0.15, 0.2) is 11.5 Å². The van der Waals surface area contributed by atoms with Gasteiger partial charge in [-0.2, -0.15) is 5.26 Å². The van der Waals surface area contributed by atoms with Crippen LogP contribution in [0.15, 0.2) is 46.4 Å². The number of benzene rings is 2. The van der Waals surface area contributed by atoms with E-state index in [1.807, 2.05) is 13.0 Å². The number of nitrogens with zero attached hydrogens (tertiary/aromatic N) is 1. The summed E-state index contributed by atoms with van der Waals surface area (Å²) in [7, 11) is 0. The minimum Gasteiger partial charge on any atom is -0.490 e. The van der Waals surface area contributed by atoms with Gasteiger partial charge in [0.25, 0.3) is 5.91 Å². The number of nitriles is 1. The standard InChI is InChI=1S/C24H21BrN2O5/c1-4-11-32-22-14-20(25)17(13-21(22)30-5-2)12-18(15-26)23(28)27-19-9-7-16(8-10-19)24(29)31-6-3/h1,7-10,12-14H,5-6,11H2,2-3H3,(H,27,28)/b18-12+. The van der Waals surface area contributed by atoms with Crippen molar-refractivity contribution >= 4 is 39.6 Å². The van der Waals surface area contributed by atoms with Gasteiger partial charge in [-0.15, -0.1) is 6.42 Å². The van der Waals surface area contributed by atoms with Crippen molar-refractivity contribution in [2.24, 2.45) is 0 Å². The van der Waals surface area contributed by atoms with E-state index in [0.29, 0.717) is 39.4 Å². The lowest BCUT2D eigenvalue weighted by atomic mass is 10.1. The summed E-state index contributed by atoms with van der Waals surface area (Å²) in [6, 6.07) is 11.4. The van der Waals surface area contributed by atoms with E-state index in [-0.39, 0.29) is 18.8 Å². The average molecular weight is 497 g/mol. The van der Waals surface area contributed by atoms with Gasteiger partial charge >= 0.3 is 5.97 Å². The zero-order valence-electron chi connectivity index (χ0n) is 17.6. The van der Waals surface area contributed by atoms with Crippen molar-refractivity contribution in [2.45, 2.75) is 13.8 Å². The molecule has 0 saturated heterocycles. The van der Waals surface area contributed by atoms with E-state index in [2.05, 4.69) is 27.2 Å². The highest BCUT2D eigenvalue weighted by Gasteiger charge is 2.14. The van der Waals surface area contributed by atoms with Gasteiger partial charge in [-0.25, -0.2) is 4.79 Å². The number of terminal acetylenes is 1. The van der Waals surface area contributed by atoms with Crippen LogP contribution in [0.3, 0.4) is 0 Å². The Balaban J connectivity index is 2.25. The summed E-state index contributed by atoms with van der Waals surface area (Å²) in [6.07, 6.45) is 6.68. The zero-order valence-corrected chi connectivity index (χ0v) is 19.2. The molecule has 1 amide bonds. The van der Waals surface area contributed by atoms with Crippen LogP contribution in [0.5, 0.6) is 11.5 Å². The minimum absolute atomic E-state index is 0.0719. The maximum atomic E-state index is 12.6. The lowest BCUT2D eigenvalue weighted by Gasteiger charge is -2.13. The maximum absolute atomic E-state index is 12.6. The van der Waals surface area contributed by atoms with E-state index in [0.717, 1.165) is 0 Å². The third-order valence-corrected chi connectivity index (χ3v) is 4.68. The summed E-state index contributed by atoms with van der Waals surface area (Å²) in [5.74, 6) is 2.21. The molecule has 0 unspecified atom stereocenters. The third kappa shape index (κ3) is 6.63. The molecular formula is C24H21BrN2O5. The largest absolute Gasteiger partial charge is 0.490 e. The Labute approximate surface area is 195 Å². The Kier molecular flexibility index (Phi) is 9.34. The van der Waals surface area contributed by atoms with E-state index in [1.54, 1.807) is 31.2 Å². The summed E-state index contributed by atoms with van der Waals surface area (Å²) in [4.78, 5) is 24.3. The molecule has 8 heteroatoms. The fourth-order valence-corrected chi connectivity index (χ4v) is 3.01. The second-order valence-corrected chi connectivity index (χ2v) is 7.02. The fraction of sp³-hybridized carbons (Fsp3) is 0.208. The first-order chi connectivity index (χ1) is 15.4. The Bertz CT molecular complexity index is 1100. The number of nitrogens with one attached hydrogen (secondary N) is 1. The highest BCUT2D eigenvalue weighted by atomic mass is 79.9. The predicted octanol–water partition coefficient (Wildman–Crippen LogP) is 4.58. The second-order valence-electron chi connectivity index (χ2n) is 6.17. The molecule has 0 atom stereocenters. The normalized spacial score (nSPS) is 10.5. The number of carbonyl (C=O) groups is 2. The smallest absolute Gasteiger partial charge is 0.338 e. The van der Waals surface area contributed by atoms with Crippen LogP contribution in [-0.2, 0) is 9.53 Å². The number of hydrogen-bond acceptors (Lipinski definition) is 6. The van der Waals surface area contributed by atoms with Crippen LogP contribution in [0, 0.1) is 23.7 Å². The summed E-state index contributed by atoms with van der Waals surface area (Å²) in [6.45, 7) is 4.28. The highest BCUT2D eigenvalue weighted by Crippen LogP contribution is 2.35. The molecule has 0 saturated carbocycles. The quantitative estimate of drug-likeness (QED) is 0.236. The van der Waals surface area contributed by atoms with Gasteiger partial charge in [0.2, 0.25) is 0 Å². The third-order valence-electron chi connectivity index (χ3n) is 3.99. The molecule has 32 heavy (non-hydrogen) atoms. The van der Waals surface area contributed by atoms with Crippen molar-refractivity contribution in [3.05, 3.63) is 57.6 Å². The molecule has 7 nitrogen and oxygen atoms in total. The van der Waals surface area contributed by atoms with Crippen LogP contribution in [-0.4, -0.2) is 31.7 Å². The van der Waals surface area contributed by atoms with Crippen LogP contribution in [0.4, 0.5) is 5.69 Å². The first-order valence-corrected chi connectivity index (χ1v) is 10.5. The lowest BCUT2D eigenvalue weighted by Crippen LogP contribution is -2.13. The molecule has 0 radical (unpaired) electrons. The van der Waals surface area contributed by atoms with Crippen molar-refractivity contribution in [1.82, 2.24) is 0 Å². The number of amides is 1. The topological polar surface area (TPSA) is 97.7 Å². The second kappa shape index (κ2) is 12.2. The summed E-state index contributed by atoms with van der Waals surface area (Å²) in [5, 5.41) is 12.1. The number of ether oxygens (including phenoxy) is 3. The number of carbonyl (C=O) groups excluding carboxylic acids is 2. The van der Waals surface area contributed by atoms with Crippen LogP contribution in [0.1, 0.15) is 29.8 Å². The van der Waals surface area contributed by atoms with Crippen LogP contribution >= 0.6 is 15.9 Å². The van der Waals surface area contributed by atoms with E-state index >= 15 is 0 Å². The van der Waals surface area contributed by atoms with E-state index in [9.17, 15) is 14.9 Å². The maximum Gasteiger partial charge on any atom is 0.338 e. The molecule has 0 aliphatic carbocycles. The van der Waals surface area contributed by atoms with Gasteiger partial charge < -0.3 is 19.5 Å². The first-order valence-electron chi connectivity index (χ1n) is 9.66. The lowest BCUT2D eigenvalue weighted by molar-refractivity contribution is -0.112. The Morgan fingerprint density at radius 1 is 1.12 bits per heavy atom. The molecule has 0 spiro atoms. The van der Waals surface area contributed by atoms with Crippen molar-refractivity contribution in [2.75, 3.05) is 25.1 Å². The molecule has 2 aromatic carbocycles. The first kappa shape index (κ1) is 24.5. The number of rotatable bonds is 9. The van der Waals surface area contributed by atoms with Crippen LogP contribution in [0.25, 0.3) is 6.08 Å². The van der Waals surface area contributed by atoms with Gasteiger partial charge in [-0.3, -0.25) is 4.79 Å². The molecule has 0 fully saturated rings. The zero-order chi connectivity index (χ0) is 23.5. The van der Waals surface area contributed by atoms with Crippen LogP contribution in [0.2, 0.25) is 0 Å². The number of halogens is 1. The predicted molar refractivity (Wildman–Crippen MR) is 124 cm³/mol. The number of anilines is 1. The Hall–Kier alpha value is -3.75. The van der Waals surface area contributed by atoms with E-state index < -0.39 is 11.9 Å². The van der Waals surface area contributed by atoms with E-state index in [4.69, 9.17) is 20.6 Å². The molecular weight excluding hydrogens is 476 g/mol. The molecule has 0 aliphatic heterocycles. The SMILES string of the molecule is C#CCOc1cc(Br)c(/C=C(\C#N)C(=O)Nc2ccc(C(=O)OCC)cc2)cc1OCC. The highest BCUT2D eigenvalue weighted by molar-refractivity contribution is 9.10. The fourth-order valence-electron chi connectivity index (χ4n) is 2.57. The van der Waals surface area contributed by atoms with Gasteiger partial charge in [-0.05, 0) is 61.9 Å². The van der Waals surface area contributed by atoms with Crippen molar-refractivity contribution < 1.29 is 23.8 Å². The van der Waals surface area contributed by atoms with Gasteiger partial charge in [0, 0.05) is 10.2 Å². The molecule has 0 aliphatic rings. The van der Waals surface area contributed by atoms with Crippen molar-refractivity contribution in [3.63, 3.8) is 0 Å². The molecule has 0 heterocycles. The van der Waals surface area contributed by atoms with Gasteiger partial charge in [0.05, 0.1) is 18.8 Å². The van der Waals surface area contributed by atoms with Crippen LogP contribution < -0.4 is 14.8 Å². The average Bonchev–Trinajstić information content (AvgIpc) is 2.78. The molecule has 0 aromatic heterocycles. The molecule has 2 aromatic rings. The van der Waals surface area contributed by atoms with Crippen molar-refractivity contribution in [3.8, 4) is 29.9 Å². The Morgan fingerprint density at radius 3 is 2.41 bits per heavy atom. The number of hydrogen-bond donors (Lipinski definition) is 1. The van der Waals surface area contributed by atoms with E-state index in [1.165, 1.54) is 18.2 Å². The molecule has 0 bridgehead atoms. The summed E-state index contributed by atoms with van der Waals surface area (Å²) < 4.78 is 16.6. The molecule has 164 valence electrons. The summed E-state index contributed by atoms with van der Waals surface area (Å²) in [5.41, 5.74) is 1.21. The number of esters is 1. The Morgan fingerprint density at radius 2 is 1.81 bits per heavy atom. The van der Waals surface area contributed by atoms with Gasteiger partial charge in [0.1, 0.15) is 18.2 Å². The molecule has 2 rings (SSSR count). The summed E-state index contributed by atoms with van der Waals surface area (Å²) >= 11 is 3.42. The molecule has 1 N–H and O–H groups in total. The van der Waals surface area contributed by atoms with Crippen molar-refractivity contribution in [1.29, 1.82) is 5.26 Å². The minimum atomic E-state index is -0.603.